The van der Waals surface area contributed by atoms with Gasteiger partial charge in [-0.15, -0.1) is 0 Å². The van der Waals surface area contributed by atoms with E-state index in [9.17, 15) is 9.59 Å². The zero-order valence-electron chi connectivity index (χ0n) is 10.1. The number of nitrogens with zero attached hydrogens (tertiary/aromatic N) is 1. The highest BCUT2D eigenvalue weighted by Crippen LogP contribution is 2.21. The number of hydrogen-bond donors (Lipinski definition) is 1. The first kappa shape index (κ1) is 13.0. The first-order chi connectivity index (χ1) is 7.54. The van der Waals surface area contributed by atoms with Crippen LogP contribution in [0.5, 0.6) is 0 Å². The molecule has 1 amide bonds. The number of piperidine rings is 1. The summed E-state index contributed by atoms with van der Waals surface area (Å²) in [6, 6.07) is 0. The predicted molar refractivity (Wildman–Crippen MR) is 61.0 cm³/mol. The monoisotopic (exact) mass is 227 g/mol. The summed E-state index contributed by atoms with van der Waals surface area (Å²) >= 11 is 0. The van der Waals surface area contributed by atoms with Gasteiger partial charge in [0.1, 0.15) is 0 Å². The summed E-state index contributed by atoms with van der Waals surface area (Å²) in [7, 11) is 0. The molecule has 0 aliphatic carbocycles. The lowest BCUT2D eigenvalue weighted by Gasteiger charge is -2.33. The summed E-state index contributed by atoms with van der Waals surface area (Å²) < 4.78 is 0. The smallest absolute Gasteiger partial charge is 0.303 e. The van der Waals surface area contributed by atoms with Crippen LogP contribution < -0.4 is 0 Å². The maximum Gasteiger partial charge on any atom is 0.303 e. The standard InChI is InChI=1S/C12H21NO3/c1-3-9(2)12(16)13-6-4-5-10(8-13)7-11(14)15/h9-10H,3-8H2,1-2H3,(H,14,15). The van der Waals surface area contributed by atoms with Crippen LogP contribution in [0.25, 0.3) is 0 Å². The van der Waals surface area contributed by atoms with E-state index in [2.05, 4.69) is 0 Å². The third kappa shape index (κ3) is 3.51. The van der Waals surface area contributed by atoms with Crippen molar-refractivity contribution < 1.29 is 14.7 Å². The zero-order chi connectivity index (χ0) is 12.1. The fraction of sp³-hybridized carbons (Fsp3) is 0.833. The van der Waals surface area contributed by atoms with Gasteiger partial charge < -0.3 is 10.0 Å². The Morgan fingerprint density at radius 2 is 2.19 bits per heavy atom. The first-order valence-electron chi connectivity index (χ1n) is 6.05. The highest BCUT2D eigenvalue weighted by atomic mass is 16.4. The molecule has 1 saturated heterocycles. The third-order valence-electron chi connectivity index (χ3n) is 3.33. The normalized spacial score (nSPS) is 22.9. The molecule has 0 spiro atoms. The van der Waals surface area contributed by atoms with E-state index in [-0.39, 0.29) is 24.2 Å². The lowest BCUT2D eigenvalue weighted by molar-refractivity contribution is -0.142. The maximum absolute atomic E-state index is 11.9. The maximum atomic E-state index is 11.9. The van der Waals surface area contributed by atoms with Crippen molar-refractivity contribution in [1.29, 1.82) is 0 Å². The Balaban J connectivity index is 2.49. The summed E-state index contributed by atoms with van der Waals surface area (Å²) in [6.45, 7) is 5.35. The molecule has 16 heavy (non-hydrogen) atoms. The lowest BCUT2D eigenvalue weighted by atomic mass is 9.93. The van der Waals surface area contributed by atoms with Gasteiger partial charge in [-0.05, 0) is 25.2 Å². The Bertz CT molecular complexity index is 265. The minimum atomic E-state index is -0.761. The van der Waals surface area contributed by atoms with Crippen LogP contribution in [0.15, 0.2) is 0 Å². The fourth-order valence-electron chi connectivity index (χ4n) is 2.17. The molecule has 1 fully saturated rings. The molecule has 92 valence electrons. The van der Waals surface area contributed by atoms with Gasteiger partial charge in [-0.2, -0.15) is 0 Å². The van der Waals surface area contributed by atoms with Crippen molar-refractivity contribution in [3.05, 3.63) is 0 Å². The topological polar surface area (TPSA) is 57.6 Å². The molecule has 1 aliphatic rings. The number of amides is 1. The number of rotatable bonds is 4. The van der Waals surface area contributed by atoms with Gasteiger partial charge in [-0.3, -0.25) is 9.59 Å². The molecule has 0 radical (unpaired) electrons. The van der Waals surface area contributed by atoms with E-state index in [1.807, 2.05) is 18.7 Å². The van der Waals surface area contributed by atoms with E-state index in [4.69, 9.17) is 5.11 Å². The predicted octanol–water partition coefficient (Wildman–Crippen LogP) is 1.75. The Labute approximate surface area is 96.6 Å². The number of carbonyl (C=O) groups excluding carboxylic acids is 1. The van der Waals surface area contributed by atoms with E-state index in [0.29, 0.717) is 6.54 Å². The molecule has 2 atom stereocenters. The van der Waals surface area contributed by atoms with Gasteiger partial charge in [0.2, 0.25) is 5.91 Å². The Hall–Kier alpha value is -1.06. The van der Waals surface area contributed by atoms with Crippen molar-refractivity contribution in [2.45, 2.75) is 39.5 Å². The molecule has 4 heteroatoms. The second-order valence-corrected chi connectivity index (χ2v) is 4.70. The number of aliphatic carboxylic acids is 1. The van der Waals surface area contributed by atoms with E-state index >= 15 is 0 Å². The van der Waals surface area contributed by atoms with Gasteiger partial charge in [-0.25, -0.2) is 0 Å². The SMILES string of the molecule is CCC(C)C(=O)N1CCCC(CC(=O)O)C1. The van der Waals surface area contributed by atoms with Crippen molar-refractivity contribution in [2.75, 3.05) is 13.1 Å². The summed E-state index contributed by atoms with van der Waals surface area (Å²) in [4.78, 5) is 24.4. The number of hydrogen-bond acceptors (Lipinski definition) is 2. The van der Waals surface area contributed by atoms with Gasteiger partial charge in [0.05, 0.1) is 0 Å². The second-order valence-electron chi connectivity index (χ2n) is 4.70. The summed E-state index contributed by atoms with van der Waals surface area (Å²) in [6.07, 6.45) is 2.89. The number of carboxylic acid groups (broad SMARTS) is 1. The second kappa shape index (κ2) is 5.87. The van der Waals surface area contributed by atoms with E-state index in [0.717, 1.165) is 25.8 Å². The quantitative estimate of drug-likeness (QED) is 0.796. The van der Waals surface area contributed by atoms with Crippen molar-refractivity contribution in [1.82, 2.24) is 4.90 Å². The molecule has 0 aromatic heterocycles. The number of carbonyl (C=O) groups is 2. The molecular weight excluding hydrogens is 206 g/mol. The average Bonchev–Trinajstić information content (AvgIpc) is 2.26. The molecule has 0 saturated carbocycles. The van der Waals surface area contributed by atoms with Gasteiger partial charge in [0.25, 0.3) is 0 Å². The Morgan fingerprint density at radius 3 is 2.75 bits per heavy atom. The molecule has 1 aliphatic heterocycles. The first-order valence-corrected chi connectivity index (χ1v) is 6.05. The fourth-order valence-corrected chi connectivity index (χ4v) is 2.17. The van der Waals surface area contributed by atoms with Crippen molar-refractivity contribution in [2.24, 2.45) is 11.8 Å². The van der Waals surface area contributed by atoms with Crippen LogP contribution in [-0.2, 0) is 9.59 Å². The molecule has 0 aromatic rings. The van der Waals surface area contributed by atoms with Gasteiger partial charge >= 0.3 is 5.97 Å². The van der Waals surface area contributed by atoms with Crippen LogP contribution in [-0.4, -0.2) is 35.0 Å². The number of carboxylic acids is 1. The van der Waals surface area contributed by atoms with Crippen LogP contribution >= 0.6 is 0 Å². The highest BCUT2D eigenvalue weighted by Gasteiger charge is 2.26. The van der Waals surface area contributed by atoms with Crippen LogP contribution in [0.2, 0.25) is 0 Å². The zero-order valence-corrected chi connectivity index (χ0v) is 10.1. The van der Waals surface area contributed by atoms with E-state index in [1.54, 1.807) is 0 Å². The molecule has 0 aromatic carbocycles. The Kier molecular flexibility index (Phi) is 4.77. The van der Waals surface area contributed by atoms with E-state index < -0.39 is 5.97 Å². The number of likely N-dealkylation sites (tertiary alicyclic amines) is 1. The van der Waals surface area contributed by atoms with Gasteiger partial charge in [0.15, 0.2) is 0 Å². The van der Waals surface area contributed by atoms with Crippen molar-refractivity contribution in [3.63, 3.8) is 0 Å². The molecule has 1 heterocycles. The van der Waals surface area contributed by atoms with Crippen LogP contribution in [0.4, 0.5) is 0 Å². The summed E-state index contributed by atoms with van der Waals surface area (Å²) in [5.41, 5.74) is 0. The average molecular weight is 227 g/mol. The van der Waals surface area contributed by atoms with Crippen molar-refractivity contribution >= 4 is 11.9 Å². The van der Waals surface area contributed by atoms with Crippen LogP contribution in [0.1, 0.15) is 39.5 Å². The summed E-state index contributed by atoms with van der Waals surface area (Å²) in [5, 5.41) is 8.74. The third-order valence-corrected chi connectivity index (χ3v) is 3.33. The molecule has 1 rings (SSSR count). The van der Waals surface area contributed by atoms with Crippen LogP contribution in [0.3, 0.4) is 0 Å². The molecule has 1 N–H and O–H groups in total. The minimum absolute atomic E-state index is 0.0589. The molecular formula is C12H21NO3. The van der Waals surface area contributed by atoms with Crippen LogP contribution in [0, 0.1) is 11.8 Å². The minimum Gasteiger partial charge on any atom is -0.481 e. The largest absolute Gasteiger partial charge is 0.481 e. The van der Waals surface area contributed by atoms with Crippen molar-refractivity contribution in [3.8, 4) is 0 Å². The lowest BCUT2D eigenvalue weighted by Crippen LogP contribution is -2.42. The van der Waals surface area contributed by atoms with Gasteiger partial charge in [-0.1, -0.05) is 13.8 Å². The van der Waals surface area contributed by atoms with Gasteiger partial charge in [0, 0.05) is 25.4 Å². The summed E-state index contributed by atoms with van der Waals surface area (Å²) in [5.74, 6) is -0.386. The van der Waals surface area contributed by atoms with E-state index in [1.165, 1.54) is 0 Å². The molecule has 2 unspecified atom stereocenters. The molecule has 4 nitrogen and oxygen atoms in total. The Morgan fingerprint density at radius 1 is 1.50 bits per heavy atom. The molecule has 0 bridgehead atoms. The highest BCUT2D eigenvalue weighted by molar-refractivity contribution is 5.78.